The third kappa shape index (κ3) is 3.72. The largest absolute Gasteiger partial charge is 0.376 e. The molecular weight excluding hydrogens is 314 g/mol. The van der Waals surface area contributed by atoms with Gasteiger partial charge in [-0.25, -0.2) is 0 Å². The molecule has 0 bridgehead atoms. The van der Waals surface area contributed by atoms with Crippen LogP contribution < -0.4 is 5.32 Å². The van der Waals surface area contributed by atoms with Gasteiger partial charge in [0.2, 0.25) is 0 Å². The molecule has 3 heterocycles. The molecule has 0 radical (unpaired) electrons. The van der Waals surface area contributed by atoms with Gasteiger partial charge in [-0.05, 0) is 17.7 Å². The van der Waals surface area contributed by atoms with Crippen LogP contribution in [0.25, 0.3) is 0 Å². The molecule has 2 aliphatic heterocycles. The van der Waals surface area contributed by atoms with E-state index in [1.54, 1.807) is 24.5 Å². The number of nitrogens with one attached hydrogen (secondary N) is 1. The average molecular weight is 337 g/mol. The summed E-state index contributed by atoms with van der Waals surface area (Å²) >= 11 is 0. The van der Waals surface area contributed by atoms with Crippen LogP contribution >= 0.6 is 0 Å². The van der Waals surface area contributed by atoms with Crippen molar-refractivity contribution in [2.75, 3.05) is 26.2 Å². The Morgan fingerprint density at radius 3 is 2.88 bits per heavy atom. The van der Waals surface area contributed by atoms with E-state index in [4.69, 9.17) is 4.74 Å². The third-order valence-corrected chi connectivity index (χ3v) is 5.21. The van der Waals surface area contributed by atoms with Crippen molar-refractivity contribution in [2.24, 2.45) is 11.8 Å². The summed E-state index contributed by atoms with van der Waals surface area (Å²) in [5.74, 6) is 0.819. The number of benzene rings is 1. The first-order valence-corrected chi connectivity index (χ1v) is 8.86. The number of hydrogen-bond donors (Lipinski definition) is 1. The molecular formula is C20H23N3O2. The van der Waals surface area contributed by atoms with Crippen LogP contribution in [0.1, 0.15) is 15.9 Å². The smallest absolute Gasteiger partial charge is 0.252 e. The van der Waals surface area contributed by atoms with Crippen LogP contribution in [-0.2, 0) is 11.3 Å². The molecule has 1 N–H and O–H groups in total. The lowest BCUT2D eigenvalue weighted by atomic mass is 9.93. The number of pyridine rings is 1. The molecule has 0 spiro atoms. The fourth-order valence-corrected chi connectivity index (χ4v) is 3.88. The van der Waals surface area contributed by atoms with Crippen LogP contribution in [0.15, 0.2) is 54.9 Å². The van der Waals surface area contributed by atoms with Gasteiger partial charge >= 0.3 is 0 Å². The Morgan fingerprint density at radius 1 is 1.20 bits per heavy atom. The molecule has 2 saturated heterocycles. The zero-order valence-electron chi connectivity index (χ0n) is 14.2. The number of rotatable bonds is 5. The lowest BCUT2D eigenvalue weighted by Gasteiger charge is -2.20. The zero-order chi connectivity index (χ0) is 17.1. The average Bonchev–Trinajstić information content (AvgIpc) is 3.22. The summed E-state index contributed by atoms with van der Waals surface area (Å²) in [5.41, 5.74) is 1.94. The molecule has 1 amide bonds. The Bertz CT molecular complexity index is 707. The molecule has 0 saturated carbocycles. The predicted molar refractivity (Wildman–Crippen MR) is 95.0 cm³/mol. The normalized spacial score (nSPS) is 25.7. The molecule has 3 atom stereocenters. The van der Waals surface area contributed by atoms with Gasteiger partial charge in [-0.15, -0.1) is 0 Å². The van der Waals surface area contributed by atoms with E-state index in [-0.39, 0.29) is 5.91 Å². The van der Waals surface area contributed by atoms with Crippen molar-refractivity contribution in [3.8, 4) is 0 Å². The van der Waals surface area contributed by atoms with Crippen LogP contribution in [-0.4, -0.2) is 48.1 Å². The van der Waals surface area contributed by atoms with Crippen LogP contribution in [0.3, 0.4) is 0 Å². The highest BCUT2D eigenvalue weighted by molar-refractivity contribution is 5.93. The Balaban J connectivity index is 1.30. The molecule has 0 aliphatic carbocycles. The van der Waals surface area contributed by atoms with Crippen LogP contribution in [0.2, 0.25) is 0 Å². The number of ether oxygens (including phenoxy) is 1. The first-order valence-electron chi connectivity index (χ1n) is 8.86. The summed E-state index contributed by atoms with van der Waals surface area (Å²) in [6.45, 7) is 4.38. The first kappa shape index (κ1) is 16.2. The van der Waals surface area contributed by atoms with Gasteiger partial charge in [0.05, 0.1) is 18.3 Å². The van der Waals surface area contributed by atoms with Crippen molar-refractivity contribution >= 4 is 5.91 Å². The van der Waals surface area contributed by atoms with Gasteiger partial charge in [0, 0.05) is 50.4 Å². The summed E-state index contributed by atoms with van der Waals surface area (Å²) in [5, 5.41) is 3.04. The maximum Gasteiger partial charge on any atom is 0.252 e. The molecule has 5 nitrogen and oxygen atoms in total. The minimum atomic E-state index is -0.0595. The Hall–Kier alpha value is -2.24. The standard InChI is InChI=1S/C20H23N3O2/c24-20(16-7-4-8-21-9-16)22-10-17-14-25-19-13-23(12-18(17)19)11-15-5-2-1-3-6-15/h1-9,17-19H,10-14H2,(H,22,24)/t17-,18-,19-/m1/s1. The van der Waals surface area contributed by atoms with E-state index in [1.165, 1.54) is 5.56 Å². The van der Waals surface area contributed by atoms with Gasteiger partial charge in [0.1, 0.15) is 0 Å². The maximum absolute atomic E-state index is 12.2. The number of carbonyl (C=O) groups is 1. The summed E-state index contributed by atoms with van der Waals surface area (Å²) in [4.78, 5) is 18.7. The Kier molecular flexibility index (Phi) is 4.76. The molecule has 25 heavy (non-hydrogen) atoms. The van der Waals surface area contributed by atoms with Gasteiger partial charge in [-0.3, -0.25) is 14.7 Å². The zero-order valence-corrected chi connectivity index (χ0v) is 14.2. The van der Waals surface area contributed by atoms with E-state index in [0.717, 1.165) is 26.2 Å². The molecule has 2 aromatic rings. The monoisotopic (exact) mass is 337 g/mol. The highest BCUT2D eigenvalue weighted by Gasteiger charge is 2.43. The second kappa shape index (κ2) is 7.33. The number of amides is 1. The van der Waals surface area contributed by atoms with E-state index in [9.17, 15) is 4.79 Å². The van der Waals surface area contributed by atoms with Gasteiger partial charge in [0.25, 0.3) is 5.91 Å². The van der Waals surface area contributed by atoms with Crippen LogP contribution in [0, 0.1) is 11.8 Å². The minimum absolute atomic E-state index is 0.0595. The first-order chi connectivity index (χ1) is 12.3. The van der Waals surface area contributed by atoms with E-state index in [2.05, 4.69) is 39.5 Å². The van der Waals surface area contributed by atoms with E-state index < -0.39 is 0 Å². The summed E-state index contributed by atoms with van der Waals surface area (Å²) in [6.07, 6.45) is 3.57. The predicted octanol–water partition coefficient (Wildman–Crippen LogP) is 1.96. The quantitative estimate of drug-likeness (QED) is 0.906. The summed E-state index contributed by atoms with van der Waals surface area (Å²) < 4.78 is 5.99. The molecule has 4 rings (SSSR count). The number of hydrogen-bond acceptors (Lipinski definition) is 4. The topological polar surface area (TPSA) is 54.5 Å². The Morgan fingerprint density at radius 2 is 2.08 bits per heavy atom. The summed E-state index contributed by atoms with van der Waals surface area (Å²) in [6, 6.07) is 14.1. The van der Waals surface area contributed by atoms with E-state index >= 15 is 0 Å². The van der Waals surface area contributed by atoms with Gasteiger partial charge in [0.15, 0.2) is 0 Å². The number of aromatic nitrogens is 1. The fraction of sp³-hybridized carbons (Fsp3) is 0.400. The highest BCUT2D eigenvalue weighted by Crippen LogP contribution is 2.34. The number of fused-ring (bicyclic) bond motifs is 1. The second-order valence-electron chi connectivity index (χ2n) is 6.93. The van der Waals surface area contributed by atoms with Crippen molar-refractivity contribution < 1.29 is 9.53 Å². The molecule has 2 fully saturated rings. The second-order valence-corrected chi connectivity index (χ2v) is 6.93. The minimum Gasteiger partial charge on any atom is -0.376 e. The lowest BCUT2D eigenvalue weighted by Crippen LogP contribution is -2.34. The molecule has 5 heteroatoms. The Labute approximate surface area is 148 Å². The van der Waals surface area contributed by atoms with Gasteiger partial charge < -0.3 is 10.1 Å². The number of likely N-dealkylation sites (tertiary alicyclic amines) is 1. The van der Waals surface area contributed by atoms with Crippen LogP contribution in [0.4, 0.5) is 0 Å². The number of nitrogens with zero attached hydrogens (tertiary/aromatic N) is 2. The molecule has 1 aromatic carbocycles. The molecule has 0 unspecified atom stereocenters. The van der Waals surface area contributed by atoms with Crippen molar-refractivity contribution in [3.05, 3.63) is 66.0 Å². The van der Waals surface area contributed by atoms with Crippen LogP contribution in [0.5, 0.6) is 0 Å². The van der Waals surface area contributed by atoms with Crippen molar-refractivity contribution in [1.29, 1.82) is 0 Å². The highest BCUT2D eigenvalue weighted by atomic mass is 16.5. The van der Waals surface area contributed by atoms with Crippen molar-refractivity contribution in [2.45, 2.75) is 12.6 Å². The van der Waals surface area contributed by atoms with Crippen molar-refractivity contribution in [1.82, 2.24) is 15.2 Å². The lowest BCUT2D eigenvalue weighted by molar-refractivity contribution is 0.0903. The maximum atomic E-state index is 12.2. The van der Waals surface area contributed by atoms with Crippen molar-refractivity contribution in [3.63, 3.8) is 0 Å². The molecule has 1 aromatic heterocycles. The van der Waals surface area contributed by atoms with Gasteiger partial charge in [-0.2, -0.15) is 0 Å². The number of carbonyl (C=O) groups excluding carboxylic acids is 1. The van der Waals surface area contributed by atoms with E-state index in [0.29, 0.717) is 30.0 Å². The third-order valence-electron chi connectivity index (χ3n) is 5.21. The van der Waals surface area contributed by atoms with E-state index in [1.807, 2.05) is 6.07 Å². The fourth-order valence-electron chi connectivity index (χ4n) is 3.88. The molecule has 130 valence electrons. The van der Waals surface area contributed by atoms with Gasteiger partial charge in [-0.1, -0.05) is 30.3 Å². The summed E-state index contributed by atoms with van der Waals surface area (Å²) in [7, 11) is 0. The molecule has 2 aliphatic rings. The SMILES string of the molecule is O=C(NC[C@@H]1CO[C@@H]2CN(Cc3ccccc3)C[C@H]12)c1cccnc1.